The van der Waals surface area contributed by atoms with Crippen LogP contribution in [0.3, 0.4) is 0 Å². The standard InChI is InChI=1S/C19H31N5O5S/c1-15(2)29-19(25)23-6-4-16(5-7-23)14-28-18-20-12-17(13-21-18)22-8-10-24(11-9-22)30(3,26)27/h12-13,15-16H,4-11,14H2,1-3H3. The van der Waals surface area contributed by atoms with Crippen LogP contribution >= 0.6 is 0 Å². The van der Waals surface area contributed by atoms with Crippen LogP contribution in [0.1, 0.15) is 26.7 Å². The summed E-state index contributed by atoms with van der Waals surface area (Å²) < 4.78 is 35.7. The number of amides is 1. The van der Waals surface area contributed by atoms with E-state index in [0.717, 1.165) is 18.5 Å². The molecule has 2 aliphatic heterocycles. The summed E-state index contributed by atoms with van der Waals surface area (Å²) in [4.78, 5) is 24.3. The number of likely N-dealkylation sites (tertiary alicyclic amines) is 1. The summed E-state index contributed by atoms with van der Waals surface area (Å²) in [7, 11) is -3.14. The first-order valence-corrected chi connectivity index (χ1v) is 12.2. The smallest absolute Gasteiger partial charge is 0.410 e. The van der Waals surface area contributed by atoms with Crippen molar-refractivity contribution in [1.82, 2.24) is 19.2 Å². The fourth-order valence-electron chi connectivity index (χ4n) is 3.58. The van der Waals surface area contributed by atoms with Crippen molar-refractivity contribution in [3.8, 4) is 6.01 Å². The molecule has 0 saturated carbocycles. The van der Waals surface area contributed by atoms with Gasteiger partial charge in [0, 0.05) is 39.3 Å². The first kappa shape index (κ1) is 22.5. The zero-order chi connectivity index (χ0) is 21.7. The van der Waals surface area contributed by atoms with E-state index in [1.165, 1.54) is 10.6 Å². The average molecular weight is 442 g/mol. The molecule has 2 fully saturated rings. The van der Waals surface area contributed by atoms with Gasteiger partial charge >= 0.3 is 12.1 Å². The first-order chi connectivity index (χ1) is 14.2. The second-order valence-electron chi connectivity index (χ2n) is 8.05. The summed E-state index contributed by atoms with van der Waals surface area (Å²) in [5.41, 5.74) is 0.854. The number of aromatic nitrogens is 2. The lowest BCUT2D eigenvalue weighted by Crippen LogP contribution is -2.48. The molecule has 1 aromatic rings. The molecule has 3 rings (SSSR count). The Balaban J connectivity index is 1.41. The maximum Gasteiger partial charge on any atom is 0.410 e. The van der Waals surface area contributed by atoms with Crippen molar-refractivity contribution in [2.75, 3.05) is 57.0 Å². The summed E-state index contributed by atoms with van der Waals surface area (Å²) in [6.07, 6.45) is 6.01. The molecule has 1 amide bonds. The Kier molecular flexibility index (Phi) is 7.35. The minimum absolute atomic E-state index is 0.109. The van der Waals surface area contributed by atoms with E-state index in [-0.39, 0.29) is 12.2 Å². The highest BCUT2D eigenvalue weighted by Crippen LogP contribution is 2.20. The van der Waals surface area contributed by atoms with E-state index in [4.69, 9.17) is 9.47 Å². The van der Waals surface area contributed by atoms with Crippen molar-refractivity contribution < 1.29 is 22.7 Å². The Morgan fingerprint density at radius 1 is 1.10 bits per heavy atom. The monoisotopic (exact) mass is 441 g/mol. The molecule has 2 saturated heterocycles. The minimum atomic E-state index is -3.14. The Bertz CT molecular complexity index is 801. The first-order valence-electron chi connectivity index (χ1n) is 10.3. The third-order valence-corrected chi connectivity index (χ3v) is 6.65. The van der Waals surface area contributed by atoms with Gasteiger partial charge in [-0.2, -0.15) is 4.31 Å². The van der Waals surface area contributed by atoms with E-state index < -0.39 is 10.0 Å². The van der Waals surface area contributed by atoms with Crippen molar-refractivity contribution in [2.24, 2.45) is 5.92 Å². The third kappa shape index (κ3) is 6.18. The molecule has 0 aromatic carbocycles. The Labute approximate surface area is 178 Å². The highest BCUT2D eigenvalue weighted by atomic mass is 32.2. The van der Waals surface area contributed by atoms with Crippen molar-refractivity contribution in [3.63, 3.8) is 0 Å². The zero-order valence-electron chi connectivity index (χ0n) is 17.9. The molecule has 0 spiro atoms. The second-order valence-corrected chi connectivity index (χ2v) is 10.0. The van der Waals surface area contributed by atoms with Crippen LogP contribution < -0.4 is 9.64 Å². The van der Waals surface area contributed by atoms with Crippen LogP contribution in [-0.2, 0) is 14.8 Å². The Morgan fingerprint density at radius 2 is 1.70 bits per heavy atom. The molecular formula is C19H31N5O5S. The average Bonchev–Trinajstić information content (AvgIpc) is 2.72. The normalized spacial score (nSPS) is 19.2. The molecule has 3 heterocycles. The molecule has 0 atom stereocenters. The number of piperazine rings is 1. The summed E-state index contributed by atoms with van der Waals surface area (Å²) in [6, 6.07) is 0.329. The van der Waals surface area contributed by atoms with Crippen LogP contribution in [-0.4, -0.2) is 91.9 Å². The van der Waals surface area contributed by atoms with Gasteiger partial charge in [0.05, 0.1) is 37.0 Å². The fourth-order valence-corrected chi connectivity index (χ4v) is 4.40. The van der Waals surface area contributed by atoms with Gasteiger partial charge in [-0.15, -0.1) is 0 Å². The molecule has 0 unspecified atom stereocenters. The van der Waals surface area contributed by atoms with Crippen LogP contribution in [0.25, 0.3) is 0 Å². The molecule has 10 nitrogen and oxygen atoms in total. The van der Waals surface area contributed by atoms with Crippen LogP contribution in [0, 0.1) is 5.92 Å². The number of rotatable bonds is 6. The topological polar surface area (TPSA) is 105 Å². The molecule has 2 aliphatic rings. The van der Waals surface area contributed by atoms with E-state index in [9.17, 15) is 13.2 Å². The molecular weight excluding hydrogens is 410 g/mol. The van der Waals surface area contributed by atoms with E-state index in [2.05, 4.69) is 14.9 Å². The molecule has 168 valence electrons. The molecule has 0 aliphatic carbocycles. The summed E-state index contributed by atoms with van der Waals surface area (Å²) in [5.74, 6) is 0.348. The van der Waals surface area contributed by atoms with E-state index in [0.29, 0.717) is 57.8 Å². The van der Waals surface area contributed by atoms with Gasteiger partial charge in [0.1, 0.15) is 0 Å². The number of anilines is 1. The lowest BCUT2D eigenvalue weighted by Gasteiger charge is -2.34. The van der Waals surface area contributed by atoms with Crippen LogP contribution in [0.5, 0.6) is 6.01 Å². The van der Waals surface area contributed by atoms with Crippen molar-refractivity contribution >= 4 is 21.8 Å². The second kappa shape index (κ2) is 9.78. The molecule has 1 aromatic heterocycles. The van der Waals surface area contributed by atoms with Gasteiger partial charge in [-0.3, -0.25) is 0 Å². The minimum Gasteiger partial charge on any atom is -0.463 e. The number of nitrogens with zero attached hydrogens (tertiary/aromatic N) is 5. The number of carbonyl (C=O) groups is 1. The largest absolute Gasteiger partial charge is 0.463 e. The maximum atomic E-state index is 11.9. The summed E-state index contributed by atoms with van der Waals surface area (Å²) >= 11 is 0. The molecule has 30 heavy (non-hydrogen) atoms. The summed E-state index contributed by atoms with van der Waals surface area (Å²) in [6.45, 7) is 7.67. The van der Waals surface area contributed by atoms with E-state index >= 15 is 0 Å². The van der Waals surface area contributed by atoms with E-state index in [1.54, 1.807) is 17.3 Å². The predicted molar refractivity (Wildman–Crippen MR) is 112 cm³/mol. The third-order valence-electron chi connectivity index (χ3n) is 5.34. The molecule has 0 bridgehead atoms. The van der Waals surface area contributed by atoms with Gasteiger partial charge in [0.15, 0.2) is 0 Å². The maximum absolute atomic E-state index is 11.9. The van der Waals surface area contributed by atoms with Crippen LogP contribution in [0.2, 0.25) is 0 Å². The number of ether oxygens (including phenoxy) is 2. The van der Waals surface area contributed by atoms with Crippen molar-refractivity contribution in [1.29, 1.82) is 0 Å². The van der Waals surface area contributed by atoms with Gasteiger partial charge in [-0.1, -0.05) is 0 Å². The number of sulfonamides is 1. The van der Waals surface area contributed by atoms with Gasteiger partial charge in [0.2, 0.25) is 10.0 Å². The van der Waals surface area contributed by atoms with Gasteiger partial charge < -0.3 is 19.3 Å². The van der Waals surface area contributed by atoms with Crippen LogP contribution in [0.15, 0.2) is 12.4 Å². The number of hydrogen-bond donors (Lipinski definition) is 0. The Hall–Kier alpha value is -2.14. The molecule has 0 radical (unpaired) electrons. The molecule has 0 N–H and O–H groups in total. The number of piperidine rings is 1. The number of hydrogen-bond acceptors (Lipinski definition) is 8. The molecule has 11 heteroatoms. The lowest BCUT2D eigenvalue weighted by atomic mass is 9.98. The quantitative estimate of drug-likeness (QED) is 0.648. The lowest BCUT2D eigenvalue weighted by molar-refractivity contribution is 0.0603. The fraction of sp³-hybridized carbons (Fsp3) is 0.737. The Morgan fingerprint density at radius 3 is 2.23 bits per heavy atom. The van der Waals surface area contributed by atoms with Gasteiger partial charge in [0.25, 0.3) is 0 Å². The van der Waals surface area contributed by atoms with Gasteiger partial charge in [-0.25, -0.2) is 23.2 Å². The van der Waals surface area contributed by atoms with Crippen molar-refractivity contribution in [2.45, 2.75) is 32.8 Å². The SMILES string of the molecule is CC(C)OC(=O)N1CCC(COc2ncc(N3CCN(S(C)(=O)=O)CC3)cn2)CC1. The highest BCUT2D eigenvalue weighted by molar-refractivity contribution is 7.88. The van der Waals surface area contributed by atoms with Gasteiger partial charge in [-0.05, 0) is 32.6 Å². The van der Waals surface area contributed by atoms with Crippen molar-refractivity contribution in [3.05, 3.63) is 12.4 Å². The van der Waals surface area contributed by atoms with E-state index in [1.807, 2.05) is 13.8 Å². The summed E-state index contributed by atoms with van der Waals surface area (Å²) in [5, 5.41) is 0. The predicted octanol–water partition coefficient (Wildman–Crippen LogP) is 1.19. The van der Waals surface area contributed by atoms with Crippen LogP contribution in [0.4, 0.5) is 10.5 Å². The zero-order valence-corrected chi connectivity index (χ0v) is 18.7. The highest BCUT2D eigenvalue weighted by Gasteiger charge is 2.26. The number of carbonyl (C=O) groups excluding carboxylic acids is 1.